The minimum absolute atomic E-state index is 0.0119. The van der Waals surface area contributed by atoms with Crippen LogP contribution in [-0.4, -0.2) is 25.0 Å². The summed E-state index contributed by atoms with van der Waals surface area (Å²) in [6.07, 6.45) is 0. The van der Waals surface area contributed by atoms with E-state index < -0.39 is 17.3 Å². The minimum atomic E-state index is -0.866. The highest BCUT2D eigenvalue weighted by atomic mass is 35.5. The SMILES string of the molecule is CC1(C(=O)c2ccc(Cl)cc2F)COCC1N. The standard InChI is InChI=1S/C12H13ClFNO2/c1-12(6-17-5-10(12)15)11(16)8-3-2-7(13)4-9(8)14/h2-4,10H,5-6,15H2,1H3. The first-order valence-electron chi connectivity index (χ1n) is 5.28. The quantitative estimate of drug-likeness (QED) is 0.825. The Morgan fingerprint density at radius 3 is 2.88 bits per heavy atom. The fourth-order valence-corrected chi connectivity index (χ4v) is 2.06. The average molecular weight is 258 g/mol. The second kappa shape index (κ2) is 4.37. The van der Waals surface area contributed by atoms with Crippen LogP contribution >= 0.6 is 11.6 Å². The van der Waals surface area contributed by atoms with Crippen LogP contribution < -0.4 is 5.73 Å². The molecule has 1 aliphatic rings. The number of hydrogen-bond acceptors (Lipinski definition) is 3. The van der Waals surface area contributed by atoms with Crippen LogP contribution in [-0.2, 0) is 4.74 Å². The molecule has 1 aromatic rings. The van der Waals surface area contributed by atoms with Gasteiger partial charge in [-0.1, -0.05) is 11.6 Å². The van der Waals surface area contributed by atoms with Gasteiger partial charge >= 0.3 is 0 Å². The van der Waals surface area contributed by atoms with Crippen LogP contribution in [0.2, 0.25) is 5.02 Å². The summed E-state index contributed by atoms with van der Waals surface area (Å²) in [6.45, 7) is 2.23. The van der Waals surface area contributed by atoms with E-state index in [1.165, 1.54) is 12.1 Å². The van der Waals surface area contributed by atoms with Gasteiger partial charge in [-0.25, -0.2) is 4.39 Å². The third-order valence-electron chi connectivity index (χ3n) is 3.21. The van der Waals surface area contributed by atoms with Crippen LogP contribution in [0, 0.1) is 11.2 Å². The zero-order chi connectivity index (χ0) is 12.6. The Balaban J connectivity index is 2.37. The second-order valence-electron chi connectivity index (χ2n) is 4.49. The predicted molar refractivity (Wildman–Crippen MR) is 62.6 cm³/mol. The molecule has 2 unspecified atom stereocenters. The average Bonchev–Trinajstić information content (AvgIpc) is 2.60. The summed E-state index contributed by atoms with van der Waals surface area (Å²) in [4.78, 5) is 12.3. The van der Waals surface area contributed by atoms with Crippen molar-refractivity contribution in [1.29, 1.82) is 0 Å². The molecule has 0 aromatic heterocycles. The fraction of sp³-hybridized carbons (Fsp3) is 0.417. The number of hydrogen-bond donors (Lipinski definition) is 1. The van der Waals surface area contributed by atoms with Crippen molar-refractivity contribution in [3.05, 3.63) is 34.6 Å². The Morgan fingerprint density at radius 2 is 2.35 bits per heavy atom. The van der Waals surface area contributed by atoms with Crippen molar-refractivity contribution >= 4 is 17.4 Å². The molecule has 0 amide bonds. The lowest BCUT2D eigenvalue weighted by atomic mass is 9.78. The number of halogens is 2. The zero-order valence-corrected chi connectivity index (χ0v) is 10.1. The molecule has 1 aromatic carbocycles. The summed E-state index contributed by atoms with van der Waals surface area (Å²) < 4.78 is 18.8. The molecule has 17 heavy (non-hydrogen) atoms. The summed E-state index contributed by atoms with van der Waals surface area (Å²) in [7, 11) is 0. The Morgan fingerprint density at radius 1 is 1.65 bits per heavy atom. The van der Waals surface area contributed by atoms with Crippen LogP contribution in [0.4, 0.5) is 4.39 Å². The topological polar surface area (TPSA) is 52.3 Å². The summed E-state index contributed by atoms with van der Waals surface area (Å²) in [6, 6.07) is 3.59. The van der Waals surface area contributed by atoms with E-state index in [0.717, 1.165) is 6.07 Å². The van der Waals surface area contributed by atoms with Gasteiger partial charge in [-0.2, -0.15) is 0 Å². The van der Waals surface area contributed by atoms with Crippen molar-refractivity contribution in [3.63, 3.8) is 0 Å². The molecule has 0 aliphatic carbocycles. The van der Waals surface area contributed by atoms with Gasteiger partial charge in [-0.3, -0.25) is 4.79 Å². The maximum Gasteiger partial charge on any atom is 0.175 e. The number of ketones is 1. The van der Waals surface area contributed by atoms with Gasteiger partial charge in [0.15, 0.2) is 5.78 Å². The summed E-state index contributed by atoms with van der Waals surface area (Å²) in [5.41, 5.74) is 4.98. The normalized spacial score (nSPS) is 28.4. The van der Waals surface area contributed by atoms with Crippen LogP contribution in [0.15, 0.2) is 18.2 Å². The smallest absolute Gasteiger partial charge is 0.175 e. The first-order valence-corrected chi connectivity index (χ1v) is 5.66. The van der Waals surface area contributed by atoms with E-state index in [4.69, 9.17) is 22.1 Å². The Hall–Kier alpha value is -0.970. The number of benzene rings is 1. The zero-order valence-electron chi connectivity index (χ0n) is 9.37. The molecule has 0 spiro atoms. The van der Waals surface area contributed by atoms with E-state index in [0.29, 0.717) is 6.61 Å². The molecule has 2 atom stereocenters. The fourth-order valence-electron chi connectivity index (χ4n) is 1.90. The lowest BCUT2D eigenvalue weighted by Gasteiger charge is -2.25. The van der Waals surface area contributed by atoms with Crippen LogP contribution in [0.25, 0.3) is 0 Å². The van der Waals surface area contributed by atoms with Gasteiger partial charge < -0.3 is 10.5 Å². The number of rotatable bonds is 2. The maximum atomic E-state index is 13.7. The molecule has 1 fully saturated rings. The molecule has 3 nitrogen and oxygen atoms in total. The molecule has 0 saturated carbocycles. The number of ether oxygens (including phenoxy) is 1. The number of Topliss-reactive ketones (excluding diaryl/α,β-unsaturated/α-hetero) is 1. The first kappa shape index (κ1) is 12.5. The van der Waals surface area contributed by atoms with Gasteiger partial charge in [-0.15, -0.1) is 0 Å². The van der Waals surface area contributed by atoms with Crippen LogP contribution in [0.1, 0.15) is 17.3 Å². The highest BCUT2D eigenvalue weighted by Crippen LogP contribution is 2.32. The molecular formula is C12H13ClFNO2. The molecule has 1 aliphatic heterocycles. The van der Waals surface area contributed by atoms with E-state index in [2.05, 4.69) is 0 Å². The van der Waals surface area contributed by atoms with Crippen LogP contribution in [0.5, 0.6) is 0 Å². The molecule has 1 saturated heterocycles. The molecule has 2 N–H and O–H groups in total. The molecule has 5 heteroatoms. The number of carbonyl (C=O) groups excluding carboxylic acids is 1. The molecule has 0 bridgehead atoms. The number of nitrogens with two attached hydrogens (primary N) is 1. The van der Waals surface area contributed by atoms with Gasteiger partial charge in [0.25, 0.3) is 0 Å². The predicted octanol–water partition coefficient (Wildman–Crippen LogP) is 2.03. The maximum absolute atomic E-state index is 13.7. The van der Waals surface area contributed by atoms with Gasteiger partial charge in [0.1, 0.15) is 5.82 Å². The summed E-state index contributed by atoms with van der Waals surface area (Å²) in [5, 5.41) is 0.260. The van der Waals surface area contributed by atoms with E-state index in [1.54, 1.807) is 6.92 Å². The third-order valence-corrected chi connectivity index (χ3v) is 3.45. The molecule has 92 valence electrons. The van der Waals surface area contributed by atoms with Crippen molar-refractivity contribution in [3.8, 4) is 0 Å². The van der Waals surface area contributed by atoms with Crippen molar-refractivity contribution in [2.24, 2.45) is 11.1 Å². The van der Waals surface area contributed by atoms with E-state index in [1.807, 2.05) is 0 Å². The summed E-state index contributed by atoms with van der Waals surface area (Å²) >= 11 is 5.64. The molecule has 0 radical (unpaired) electrons. The van der Waals surface area contributed by atoms with Crippen molar-refractivity contribution in [2.75, 3.05) is 13.2 Å². The van der Waals surface area contributed by atoms with E-state index in [-0.39, 0.29) is 23.0 Å². The Kier molecular flexibility index (Phi) is 3.21. The van der Waals surface area contributed by atoms with Gasteiger partial charge in [0.2, 0.25) is 0 Å². The monoisotopic (exact) mass is 257 g/mol. The lowest BCUT2D eigenvalue weighted by Crippen LogP contribution is -2.44. The molecule has 2 rings (SSSR count). The second-order valence-corrected chi connectivity index (χ2v) is 4.93. The molecule has 1 heterocycles. The molecular weight excluding hydrogens is 245 g/mol. The van der Waals surface area contributed by atoms with Crippen molar-refractivity contribution in [2.45, 2.75) is 13.0 Å². The Bertz CT molecular complexity index is 466. The summed E-state index contributed by atoms with van der Waals surface area (Å²) in [5.74, 6) is -0.959. The minimum Gasteiger partial charge on any atom is -0.379 e. The Labute approximate surface area is 104 Å². The van der Waals surface area contributed by atoms with Crippen molar-refractivity contribution < 1.29 is 13.9 Å². The highest BCUT2D eigenvalue weighted by Gasteiger charge is 2.45. The largest absolute Gasteiger partial charge is 0.379 e. The van der Waals surface area contributed by atoms with E-state index >= 15 is 0 Å². The van der Waals surface area contributed by atoms with Crippen LogP contribution in [0.3, 0.4) is 0 Å². The van der Waals surface area contributed by atoms with Gasteiger partial charge in [-0.05, 0) is 25.1 Å². The van der Waals surface area contributed by atoms with Crippen molar-refractivity contribution in [1.82, 2.24) is 0 Å². The third kappa shape index (κ3) is 2.08. The van der Waals surface area contributed by atoms with E-state index in [9.17, 15) is 9.18 Å². The van der Waals surface area contributed by atoms with Gasteiger partial charge in [0.05, 0.1) is 24.2 Å². The van der Waals surface area contributed by atoms with Gasteiger partial charge in [0, 0.05) is 11.1 Å². The number of carbonyl (C=O) groups is 1. The first-order chi connectivity index (χ1) is 7.95. The lowest BCUT2D eigenvalue weighted by molar-refractivity contribution is 0.0763. The highest BCUT2D eigenvalue weighted by molar-refractivity contribution is 6.30.